The highest BCUT2D eigenvalue weighted by molar-refractivity contribution is 5.95. The topological polar surface area (TPSA) is 58.2 Å². The molecule has 2 unspecified atom stereocenters. The Morgan fingerprint density at radius 2 is 1.95 bits per heavy atom. The summed E-state index contributed by atoms with van der Waals surface area (Å²) >= 11 is 0. The van der Waals surface area contributed by atoms with E-state index in [9.17, 15) is 29.5 Å². The van der Waals surface area contributed by atoms with Crippen LogP contribution in [0.25, 0.3) is 0 Å². The molecule has 38 heavy (non-hydrogen) atoms. The monoisotopic (exact) mass is 552 g/mol. The Morgan fingerprint density at radius 1 is 1.29 bits per heavy atom. The molecule has 0 aromatic heterocycles. The zero-order chi connectivity index (χ0) is 51.0. The van der Waals surface area contributed by atoms with Crippen LogP contribution in [0.2, 0.25) is 2.82 Å². The first-order valence-electron chi connectivity index (χ1n) is 25.2. The van der Waals surface area contributed by atoms with Crippen LogP contribution in [-0.4, -0.2) is 23.4 Å². The average Bonchev–Trinajstić information content (AvgIpc) is 3.12. The summed E-state index contributed by atoms with van der Waals surface area (Å²) in [7, 11) is 0. The highest BCUT2D eigenvalue weighted by atomic mass is 16.2. The van der Waals surface area contributed by atoms with Gasteiger partial charge in [-0.1, -0.05) is 67.9 Å². The SMILES string of the molecule is [2H]N(C(=O)[C@@]1([2H])C([2H])([2H])C([2H])([2H])[C@@]2([2H])[C@]3([2H])C([2H])([2H])C([2H])([2H])[C@@]4([2H])N([2H])C(=O)C(C)=C(C)[C@]4(C([2H])(C)C)[C@@]3([2H])C([2H])(C)C(C)(C)[C@@]21C([2H])([2H])C)C(C([2H])([2H])[2H])(C([2H])([2H])C)C([2H])(C)C. The van der Waals surface area contributed by atoms with Gasteiger partial charge in [0.05, 0.1) is 1.37 Å². The zero-order valence-corrected chi connectivity index (χ0v) is 24.2. The van der Waals surface area contributed by atoms with Crippen LogP contribution in [0.1, 0.15) is 153 Å². The maximum absolute atomic E-state index is 15.7. The van der Waals surface area contributed by atoms with Crippen LogP contribution in [0.5, 0.6) is 0 Å². The molecule has 1 heterocycles. The van der Waals surface area contributed by atoms with Crippen molar-refractivity contribution in [1.82, 2.24) is 10.6 Å². The molecule has 0 radical (unpaired) electrons. The highest BCUT2D eigenvalue weighted by Gasteiger charge is 2.72. The third-order valence-corrected chi connectivity index (χ3v) is 9.20. The van der Waals surface area contributed by atoms with Gasteiger partial charge in [0.1, 0.15) is 0 Å². The van der Waals surface area contributed by atoms with Gasteiger partial charge in [-0.25, -0.2) is 0 Å². The quantitative estimate of drug-likeness (QED) is 0.358. The summed E-state index contributed by atoms with van der Waals surface area (Å²) in [4.78, 5) is 29.6. The largest absolute Gasteiger partial charge is 0.350 e. The van der Waals surface area contributed by atoms with Gasteiger partial charge in [0, 0.05) is 58.6 Å². The number of carbonyl (C=O) groups excluding carboxylic acids is 2. The Balaban J connectivity index is 2.61. The van der Waals surface area contributed by atoms with Gasteiger partial charge >= 0.3 is 0 Å². The molecule has 2 N–H and O–H groups in total. The van der Waals surface area contributed by atoms with E-state index in [-0.39, 0.29) is 5.31 Å². The third-order valence-electron chi connectivity index (χ3n) is 9.20. The van der Waals surface area contributed by atoms with E-state index in [2.05, 4.69) is 0 Å². The number of nitrogens with one attached hydrogen (secondary N) is 2. The van der Waals surface area contributed by atoms with E-state index in [1.165, 1.54) is 0 Å². The van der Waals surface area contributed by atoms with Crippen LogP contribution in [0.4, 0.5) is 0 Å². The Morgan fingerprint density at radius 3 is 2.47 bits per heavy atom. The van der Waals surface area contributed by atoms with Crippen molar-refractivity contribution < 1.29 is 43.9 Å². The minimum atomic E-state index is -4.72. The lowest BCUT2D eigenvalue weighted by atomic mass is 9.35. The normalized spacial score (nSPS) is 70.2. The minimum Gasteiger partial charge on any atom is -0.350 e. The summed E-state index contributed by atoms with van der Waals surface area (Å²) in [6.45, 7) is 4.56. The Labute approximate surface area is 269 Å². The smallest absolute Gasteiger partial charge is 0.247 e. The van der Waals surface area contributed by atoms with Gasteiger partial charge in [-0.05, 0) is 105 Å². The summed E-state index contributed by atoms with van der Waals surface area (Å²) in [5.41, 5.74) is -16.0. The van der Waals surface area contributed by atoms with Crippen molar-refractivity contribution in [2.45, 2.75) is 133 Å². The first-order chi connectivity index (χ1) is 27.0. The fraction of sp³-hybridized carbons (Fsp3) is 0.882. The molecule has 3 aliphatic carbocycles. The number of amides is 2. The first-order valence-corrected chi connectivity index (χ1v) is 12.8. The van der Waals surface area contributed by atoms with Crippen molar-refractivity contribution in [2.24, 2.45) is 57.5 Å². The number of carbonyl (C=O) groups is 2. The molecule has 4 nitrogen and oxygen atoms in total. The van der Waals surface area contributed by atoms with Crippen LogP contribution < -0.4 is 10.6 Å². The minimum absolute atomic E-state index is 0.353. The maximum Gasteiger partial charge on any atom is 0.247 e. The van der Waals surface area contributed by atoms with Gasteiger partial charge in [0.2, 0.25) is 11.8 Å². The first kappa shape index (κ1) is 11.2. The van der Waals surface area contributed by atoms with Gasteiger partial charge in [-0.15, -0.1) is 0 Å². The zero-order valence-electron chi connectivity index (χ0n) is 49.2. The lowest BCUT2D eigenvalue weighted by molar-refractivity contribution is -0.204. The fourth-order valence-corrected chi connectivity index (χ4v) is 6.51. The van der Waals surface area contributed by atoms with E-state index in [1.807, 2.05) is 0 Å². The molecule has 0 spiro atoms. The molecular weight excluding hydrogens is 468 g/mol. The number of rotatable bonds is 6. The molecule has 1 aliphatic heterocycles. The van der Waals surface area contributed by atoms with Crippen molar-refractivity contribution in [2.75, 3.05) is 0 Å². The predicted molar refractivity (Wildman–Crippen MR) is 157 cm³/mol. The molecule has 4 aliphatic rings. The summed E-state index contributed by atoms with van der Waals surface area (Å²) in [5.74, 6) is -31.4. The molecule has 3 fully saturated rings. The molecule has 0 saturated heterocycles. The van der Waals surface area contributed by atoms with Crippen LogP contribution >= 0.6 is 0 Å². The van der Waals surface area contributed by atoms with Crippen molar-refractivity contribution in [3.63, 3.8) is 0 Å². The van der Waals surface area contributed by atoms with E-state index in [1.54, 1.807) is 0 Å². The highest BCUT2D eigenvalue weighted by Crippen LogP contribution is 2.75. The van der Waals surface area contributed by atoms with Crippen molar-refractivity contribution in [3.8, 4) is 0 Å². The van der Waals surface area contributed by atoms with E-state index in [0.29, 0.717) is 20.8 Å². The Kier molecular flexibility index (Phi) is 2.83. The average molecular weight is 552 g/mol. The van der Waals surface area contributed by atoms with E-state index in [0.717, 1.165) is 55.4 Å². The third kappa shape index (κ3) is 3.59. The standard InChI is InChI=1S/C34H58N2O2/c1-13-32(12,19(3)4)36-30(38)26-17-16-25-24-15-18-27-34(20(5)6,22(8)21(7)29(37)35-27)28(24)23(9)31(10,11)33(25,26)14-2/h19-20,23-28H,13-18H2,1-12H3,(H,35,37)(H,36,38)/t23?,24-,25-,26+,27+,28-,32?,33-,34-/m0/s1/i12D3,13D2,14D2,15D2,16D2,17D2,18D2,19D,20D,23D,24D,25D,26D,27D,28D/hD2. The van der Waals surface area contributed by atoms with E-state index in [4.69, 9.17) is 9.64 Å². The van der Waals surface area contributed by atoms with Gasteiger partial charge in [0.25, 0.3) is 0 Å². The summed E-state index contributed by atoms with van der Waals surface area (Å²) < 4.78 is 240. The lowest BCUT2D eigenvalue weighted by Gasteiger charge is -2.70. The van der Waals surface area contributed by atoms with Crippen LogP contribution in [0, 0.1) is 57.5 Å². The molecule has 0 aromatic carbocycles. The second kappa shape index (κ2) is 9.65. The molecule has 0 bridgehead atoms. The Hall–Kier alpha value is -1.32. The van der Waals surface area contributed by atoms with Gasteiger partial charge < -0.3 is 10.6 Å². The van der Waals surface area contributed by atoms with E-state index < -0.39 is 142 Å². The Bertz CT molecular complexity index is 2010. The lowest BCUT2D eigenvalue weighted by Crippen LogP contribution is -2.70. The van der Waals surface area contributed by atoms with Crippen LogP contribution in [-0.2, 0) is 9.59 Å². The van der Waals surface area contributed by atoms with Gasteiger partial charge in [0.15, 0.2) is 2.82 Å². The second-order valence-electron chi connectivity index (χ2n) is 11.4. The van der Waals surface area contributed by atoms with Gasteiger partial charge in [-0.3, -0.25) is 9.59 Å². The summed E-state index contributed by atoms with van der Waals surface area (Å²) in [6.07, 6.45) is -25.7. The molecule has 4 heteroatoms. The molecule has 0 aromatic rings. The molecular formula is C34H58N2O2. The van der Waals surface area contributed by atoms with Gasteiger partial charge in [-0.2, -0.15) is 0 Å². The molecule has 2 amide bonds. The summed E-state index contributed by atoms with van der Waals surface area (Å²) in [5, 5.41) is -1.14. The van der Waals surface area contributed by atoms with Crippen LogP contribution in [0.3, 0.4) is 0 Å². The fourth-order valence-electron chi connectivity index (χ4n) is 6.51. The van der Waals surface area contributed by atoms with Crippen LogP contribution in [0.15, 0.2) is 11.1 Å². The molecule has 3 saturated carbocycles. The molecule has 4 rings (SSSR count). The molecule has 9 atom stereocenters. The molecule has 216 valence electrons. The number of hydrogen-bond donors (Lipinski definition) is 2. The van der Waals surface area contributed by atoms with Crippen molar-refractivity contribution in [3.05, 3.63) is 11.1 Å². The second-order valence-corrected chi connectivity index (χ2v) is 11.4. The summed E-state index contributed by atoms with van der Waals surface area (Å²) in [6, 6.07) is -3.94. The van der Waals surface area contributed by atoms with Crippen molar-refractivity contribution in [1.29, 1.82) is 0 Å². The predicted octanol–water partition coefficient (Wildman–Crippen LogP) is 7.53. The maximum atomic E-state index is 15.7. The van der Waals surface area contributed by atoms with Crippen molar-refractivity contribution >= 4 is 11.8 Å². The number of fused-ring (bicyclic) bond motifs is 5. The van der Waals surface area contributed by atoms with E-state index >= 15 is 4.79 Å². The number of hydrogen-bond acceptors (Lipinski definition) is 2.